The molecule has 0 saturated heterocycles. The molecular weight excluding hydrogens is 192 g/mol. The van der Waals surface area contributed by atoms with Crippen molar-refractivity contribution in [3.8, 4) is 0 Å². The predicted octanol–water partition coefficient (Wildman–Crippen LogP) is 2.55. The molecule has 4 heteroatoms. The van der Waals surface area contributed by atoms with Gasteiger partial charge in [0.05, 0.1) is 9.34 Å². The zero-order valence-corrected chi connectivity index (χ0v) is 8.80. The summed E-state index contributed by atoms with van der Waals surface area (Å²) in [5, 5.41) is 4.36. The van der Waals surface area contributed by atoms with Gasteiger partial charge in [-0.25, -0.2) is 0 Å². The Morgan fingerprint density at radius 3 is 2.67 bits per heavy atom. The van der Waals surface area contributed by atoms with E-state index in [-0.39, 0.29) is 5.54 Å². The largest absolute Gasteiger partial charge is 0.371 e. The molecule has 12 heavy (non-hydrogen) atoms. The fourth-order valence-electron chi connectivity index (χ4n) is 0.766. The summed E-state index contributed by atoms with van der Waals surface area (Å²) < 4.78 is 0.797. The van der Waals surface area contributed by atoms with Crippen LogP contribution in [0.1, 0.15) is 13.8 Å². The summed E-state index contributed by atoms with van der Waals surface area (Å²) in [5.74, 6) is 0. The molecule has 2 nitrogen and oxygen atoms in total. The van der Waals surface area contributed by atoms with E-state index >= 15 is 0 Å². The molecule has 0 fully saturated rings. The van der Waals surface area contributed by atoms with E-state index in [0.29, 0.717) is 6.54 Å². The average molecular weight is 205 g/mol. The standard InChI is InChI=1S/C8H13ClN2S/c1-8(2,5-10)11-7-4-3-6(9)12-7/h3-4,11H,5,10H2,1-2H3. The third-order valence-corrected chi connectivity index (χ3v) is 2.69. The van der Waals surface area contributed by atoms with E-state index in [1.807, 2.05) is 12.1 Å². The van der Waals surface area contributed by atoms with Gasteiger partial charge in [-0.3, -0.25) is 0 Å². The van der Waals surface area contributed by atoms with Crippen LogP contribution in [0.15, 0.2) is 12.1 Å². The van der Waals surface area contributed by atoms with Crippen LogP contribution in [0.25, 0.3) is 0 Å². The molecule has 0 spiro atoms. The van der Waals surface area contributed by atoms with Crippen molar-refractivity contribution in [2.75, 3.05) is 11.9 Å². The number of halogens is 1. The Balaban J connectivity index is 2.63. The molecule has 1 aromatic rings. The van der Waals surface area contributed by atoms with Crippen LogP contribution in [0.5, 0.6) is 0 Å². The molecule has 1 heterocycles. The van der Waals surface area contributed by atoms with Gasteiger partial charge in [-0.05, 0) is 26.0 Å². The van der Waals surface area contributed by atoms with Gasteiger partial charge >= 0.3 is 0 Å². The molecule has 0 aromatic carbocycles. The molecule has 1 aromatic heterocycles. The molecule has 0 unspecified atom stereocenters. The number of hydrogen-bond donors (Lipinski definition) is 2. The fourth-order valence-corrected chi connectivity index (χ4v) is 1.89. The van der Waals surface area contributed by atoms with Gasteiger partial charge < -0.3 is 11.1 Å². The van der Waals surface area contributed by atoms with Crippen LogP contribution in [-0.4, -0.2) is 12.1 Å². The first-order valence-electron chi connectivity index (χ1n) is 3.77. The predicted molar refractivity (Wildman–Crippen MR) is 56.1 cm³/mol. The molecule has 0 aliphatic rings. The molecule has 0 amide bonds. The van der Waals surface area contributed by atoms with Crippen LogP contribution >= 0.6 is 22.9 Å². The summed E-state index contributed by atoms with van der Waals surface area (Å²) in [4.78, 5) is 0. The lowest BCUT2D eigenvalue weighted by Crippen LogP contribution is -2.38. The van der Waals surface area contributed by atoms with Gasteiger partial charge in [0.1, 0.15) is 0 Å². The van der Waals surface area contributed by atoms with E-state index in [1.165, 1.54) is 11.3 Å². The first-order chi connectivity index (χ1) is 5.53. The van der Waals surface area contributed by atoms with Gasteiger partial charge in [0, 0.05) is 12.1 Å². The molecule has 1 rings (SSSR count). The fraction of sp³-hybridized carbons (Fsp3) is 0.500. The Labute approximate surface area is 81.7 Å². The summed E-state index contributed by atoms with van der Waals surface area (Å²) in [7, 11) is 0. The maximum atomic E-state index is 5.78. The average Bonchev–Trinajstić information content (AvgIpc) is 2.35. The number of anilines is 1. The third kappa shape index (κ3) is 2.66. The van der Waals surface area contributed by atoms with Crippen molar-refractivity contribution in [1.29, 1.82) is 0 Å². The van der Waals surface area contributed by atoms with Crippen molar-refractivity contribution in [2.24, 2.45) is 5.73 Å². The summed E-state index contributed by atoms with van der Waals surface area (Å²) in [6.07, 6.45) is 0. The van der Waals surface area contributed by atoms with Crippen LogP contribution in [-0.2, 0) is 0 Å². The maximum absolute atomic E-state index is 5.78. The molecule has 0 saturated carbocycles. The summed E-state index contributed by atoms with van der Waals surface area (Å²) in [6, 6.07) is 3.84. The highest BCUT2D eigenvalue weighted by Gasteiger charge is 2.15. The minimum Gasteiger partial charge on any atom is -0.371 e. The second-order valence-corrected chi connectivity index (χ2v) is 5.03. The van der Waals surface area contributed by atoms with Crippen molar-refractivity contribution in [3.05, 3.63) is 16.5 Å². The smallest absolute Gasteiger partial charge is 0.0950 e. The van der Waals surface area contributed by atoms with Gasteiger partial charge in [-0.1, -0.05) is 11.6 Å². The van der Waals surface area contributed by atoms with Crippen molar-refractivity contribution in [3.63, 3.8) is 0 Å². The Hall–Kier alpha value is -0.250. The Kier molecular flexibility index (Phi) is 2.99. The van der Waals surface area contributed by atoms with Gasteiger partial charge in [0.2, 0.25) is 0 Å². The third-order valence-electron chi connectivity index (χ3n) is 1.55. The zero-order valence-electron chi connectivity index (χ0n) is 7.23. The van der Waals surface area contributed by atoms with E-state index in [0.717, 1.165) is 9.34 Å². The number of nitrogens with one attached hydrogen (secondary N) is 1. The Morgan fingerprint density at radius 2 is 2.25 bits per heavy atom. The first-order valence-corrected chi connectivity index (χ1v) is 4.96. The molecule has 0 atom stereocenters. The minimum atomic E-state index is -0.0613. The number of thiophene rings is 1. The van der Waals surface area contributed by atoms with E-state index in [1.54, 1.807) is 0 Å². The molecule has 0 radical (unpaired) electrons. The summed E-state index contributed by atoms with van der Waals surface area (Å²) in [5.41, 5.74) is 5.51. The van der Waals surface area contributed by atoms with Gasteiger partial charge in [-0.2, -0.15) is 0 Å². The first kappa shape index (κ1) is 9.84. The SMILES string of the molecule is CC(C)(CN)Nc1ccc(Cl)s1. The Morgan fingerprint density at radius 1 is 1.58 bits per heavy atom. The van der Waals surface area contributed by atoms with Crippen LogP contribution < -0.4 is 11.1 Å². The molecule has 0 bridgehead atoms. The van der Waals surface area contributed by atoms with E-state index in [4.69, 9.17) is 17.3 Å². The molecular formula is C8H13ClN2S. The quantitative estimate of drug-likeness (QED) is 0.794. The highest BCUT2D eigenvalue weighted by atomic mass is 35.5. The van der Waals surface area contributed by atoms with Gasteiger partial charge in [0.25, 0.3) is 0 Å². The van der Waals surface area contributed by atoms with Crippen LogP contribution in [0.2, 0.25) is 4.34 Å². The van der Waals surface area contributed by atoms with Gasteiger partial charge in [-0.15, -0.1) is 11.3 Å². The second kappa shape index (κ2) is 3.64. The topological polar surface area (TPSA) is 38.0 Å². The van der Waals surface area contributed by atoms with Gasteiger partial charge in [0.15, 0.2) is 0 Å². The highest BCUT2D eigenvalue weighted by Crippen LogP contribution is 2.27. The lowest BCUT2D eigenvalue weighted by atomic mass is 10.1. The second-order valence-electron chi connectivity index (χ2n) is 3.32. The lowest BCUT2D eigenvalue weighted by Gasteiger charge is -2.24. The zero-order chi connectivity index (χ0) is 9.19. The van der Waals surface area contributed by atoms with Crippen LogP contribution in [0, 0.1) is 0 Å². The molecule has 68 valence electrons. The monoisotopic (exact) mass is 204 g/mol. The Bertz CT molecular complexity index is 257. The van der Waals surface area contributed by atoms with E-state index in [9.17, 15) is 0 Å². The van der Waals surface area contributed by atoms with Crippen molar-refractivity contribution >= 4 is 27.9 Å². The summed E-state index contributed by atoms with van der Waals surface area (Å²) in [6.45, 7) is 4.71. The molecule has 3 N–H and O–H groups in total. The number of hydrogen-bond acceptors (Lipinski definition) is 3. The van der Waals surface area contributed by atoms with E-state index < -0.39 is 0 Å². The normalized spacial score (nSPS) is 11.7. The highest BCUT2D eigenvalue weighted by molar-refractivity contribution is 7.19. The maximum Gasteiger partial charge on any atom is 0.0950 e. The molecule has 0 aliphatic heterocycles. The minimum absolute atomic E-state index is 0.0613. The molecule has 0 aliphatic carbocycles. The van der Waals surface area contributed by atoms with E-state index in [2.05, 4.69) is 19.2 Å². The van der Waals surface area contributed by atoms with Crippen molar-refractivity contribution in [2.45, 2.75) is 19.4 Å². The number of rotatable bonds is 3. The van der Waals surface area contributed by atoms with Crippen LogP contribution in [0.3, 0.4) is 0 Å². The van der Waals surface area contributed by atoms with Crippen LogP contribution in [0.4, 0.5) is 5.00 Å². The lowest BCUT2D eigenvalue weighted by molar-refractivity contribution is 0.582. The summed E-state index contributed by atoms with van der Waals surface area (Å²) >= 11 is 7.31. The van der Waals surface area contributed by atoms with Crippen molar-refractivity contribution in [1.82, 2.24) is 0 Å². The van der Waals surface area contributed by atoms with Crippen molar-refractivity contribution < 1.29 is 0 Å². The number of nitrogens with two attached hydrogens (primary N) is 1.